The fraction of sp³-hybridized carbons (Fsp3) is 0.216. The van der Waals surface area contributed by atoms with Gasteiger partial charge >= 0.3 is 0 Å². The zero-order valence-electron chi connectivity index (χ0n) is 24.2. The maximum absolute atomic E-state index is 14.2. The van der Waals surface area contributed by atoms with Crippen LogP contribution in [0.4, 0.5) is 5.69 Å². The number of carbonyl (C=O) groups is 5. The molecule has 0 radical (unpaired) electrons. The van der Waals surface area contributed by atoms with Crippen molar-refractivity contribution in [3.05, 3.63) is 129 Å². The molecule has 3 aromatic carbocycles. The lowest BCUT2D eigenvalue weighted by Crippen LogP contribution is -2.39. The molecular formula is C37H29NO6. The molecule has 0 aromatic heterocycles. The van der Waals surface area contributed by atoms with Crippen LogP contribution in [0.3, 0.4) is 0 Å². The molecule has 0 bridgehead atoms. The molecule has 1 fully saturated rings. The topological polar surface area (TPSA) is 109 Å². The van der Waals surface area contributed by atoms with Gasteiger partial charge in [-0.05, 0) is 80.1 Å². The maximum Gasteiger partial charge on any atom is 0.238 e. The summed E-state index contributed by atoms with van der Waals surface area (Å²) < 4.78 is 0. The van der Waals surface area contributed by atoms with Crippen LogP contribution in [-0.2, 0) is 19.2 Å². The van der Waals surface area contributed by atoms with Crippen LogP contribution in [0.25, 0.3) is 0 Å². The number of hydrogen-bond acceptors (Lipinski definition) is 6. The number of Topliss-reactive ketones (excluding diaryl/α,β-unsaturated/α-hetero) is 1. The monoisotopic (exact) mass is 583 g/mol. The molecule has 44 heavy (non-hydrogen) atoms. The van der Waals surface area contributed by atoms with Crippen LogP contribution in [0.15, 0.2) is 107 Å². The highest BCUT2D eigenvalue weighted by Crippen LogP contribution is 2.55. The summed E-state index contributed by atoms with van der Waals surface area (Å²) in [6.07, 6.45) is 3.88. The van der Waals surface area contributed by atoms with Crippen LogP contribution in [0.1, 0.15) is 52.7 Å². The molecule has 3 aliphatic carbocycles. The largest absolute Gasteiger partial charge is 0.508 e. The molecule has 0 unspecified atom stereocenters. The lowest BCUT2D eigenvalue weighted by Gasteiger charge is -2.42. The van der Waals surface area contributed by atoms with E-state index in [1.165, 1.54) is 11.0 Å². The number of rotatable bonds is 4. The number of hydrogen-bond donors (Lipinski definition) is 1. The second-order valence-corrected chi connectivity index (χ2v) is 12.0. The van der Waals surface area contributed by atoms with E-state index in [0.29, 0.717) is 45.5 Å². The van der Waals surface area contributed by atoms with Gasteiger partial charge in [-0.15, -0.1) is 0 Å². The van der Waals surface area contributed by atoms with Crippen molar-refractivity contribution in [1.29, 1.82) is 0 Å². The maximum atomic E-state index is 14.2. The molecule has 1 aliphatic heterocycles. The third kappa shape index (κ3) is 4.14. The Labute approximate surface area is 254 Å². The predicted octanol–water partition coefficient (Wildman–Crippen LogP) is 5.57. The summed E-state index contributed by atoms with van der Waals surface area (Å²) in [6.45, 7) is 3.39. The Balaban J connectivity index is 1.26. The number of ketones is 3. The van der Waals surface area contributed by atoms with Gasteiger partial charge in [-0.1, -0.05) is 54.1 Å². The van der Waals surface area contributed by atoms with E-state index in [2.05, 4.69) is 0 Å². The molecule has 2 amide bonds. The Kier molecular flexibility index (Phi) is 6.43. The first kappa shape index (κ1) is 27.7. The summed E-state index contributed by atoms with van der Waals surface area (Å²) in [4.78, 5) is 69.0. The average Bonchev–Trinajstić information content (AvgIpc) is 3.29. The number of anilines is 1. The molecule has 7 heteroatoms. The summed E-state index contributed by atoms with van der Waals surface area (Å²) in [5.41, 5.74) is 4.80. The van der Waals surface area contributed by atoms with Crippen LogP contribution in [0.2, 0.25) is 0 Å². The number of fused-ring (bicyclic) bond motifs is 3. The first-order chi connectivity index (χ1) is 21.2. The molecule has 218 valence electrons. The van der Waals surface area contributed by atoms with E-state index >= 15 is 0 Å². The number of carbonyl (C=O) groups excluding carboxylic acids is 5. The predicted molar refractivity (Wildman–Crippen MR) is 163 cm³/mol. The molecule has 1 heterocycles. The number of imide groups is 1. The summed E-state index contributed by atoms with van der Waals surface area (Å²) in [7, 11) is 0. The molecule has 0 spiro atoms. The highest BCUT2D eigenvalue weighted by molar-refractivity contribution is 6.25. The number of aryl methyl sites for hydroxylation is 1. The average molecular weight is 584 g/mol. The van der Waals surface area contributed by atoms with Crippen LogP contribution in [0, 0.1) is 24.7 Å². The third-order valence-electron chi connectivity index (χ3n) is 9.54. The van der Waals surface area contributed by atoms with E-state index in [1.54, 1.807) is 74.5 Å². The molecule has 4 aliphatic rings. The van der Waals surface area contributed by atoms with Gasteiger partial charge in [-0.25, -0.2) is 0 Å². The first-order valence-corrected chi connectivity index (χ1v) is 14.7. The van der Waals surface area contributed by atoms with Gasteiger partial charge in [0.2, 0.25) is 11.8 Å². The fourth-order valence-corrected chi connectivity index (χ4v) is 7.39. The van der Waals surface area contributed by atoms with E-state index in [4.69, 9.17) is 0 Å². The number of phenolic OH excluding ortho intramolecular Hbond substituents is 1. The minimum absolute atomic E-state index is 0.124. The number of allylic oxidation sites excluding steroid dienone is 6. The zero-order valence-corrected chi connectivity index (χ0v) is 24.2. The second-order valence-electron chi connectivity index (χ2n) is 12.0. The van der Waals surface area contributed by atoms with Crippen molar-refractivity contribution in [2.45, 2.75) is 32.6 Å². The lowest BCUT2D eigenvalue weighted by atomic mass is 9.59. The highest BCUT2D eigenvalue weighted by atomic mass is 16.3. The molecule has 1 saturated heterocycles. The number of benzene rings is 3. The quantitative estimate of drug-likeness (QED) is 0.186. The van der Waals surface area contributed by atoms with Crippen LogP contribution in [0.5, 0.6) is 5.75 Å². The Morgan fingerprint density at radius 3 is 2.25 bits per heavy atom. The van der Waals surface area contributed by atoms with E-state index in [9.17, 15) is 29.1 Å². The van der Waals surface area contributed by atoms with E-state index in [0.717, 1.165) is 11.1 Å². The number of aromatic hydroxyl groups is 1. The van der Waals surface area contributed by atoms with Crippen molar-refractivity contribution >= 4 is 34.9 Å². The van der Waals surface area contributed by atoms with Crippen molar-refractivity contribution in [2.24, 2.45) is 17.8 Å². The van der Waals surface area contributed by atoms with E-state index in [1.807, 2.05) is 18.2 Å². The summed E-state index contributed by atoms with van der Waals surface area (Å²) in [6, 6.07) is 20.5. The Morgan fingerprint density at radius 2 is 1.55 bits per heavy atom. The highest BCUT2D eigenvalue weighted by Gasteiger charge is 2.56. The molecule has 7 rings (SSSR count). The summed E-state index contributed by atoms with van der Waals surface area (Å²) in [5, 5.41) is 10.2. The van der Waals surface area contributed by atoms with Crippen molar-refractivity contribution in [2.75, 3.05) is 4.90 Å². The lowest BCUT2D eigenvalue weighted by molar-refractivity contribution is -0.123. The number of amides is 2. The van der Waals surface area contributed by atoms with Gasteiger partial charge in [0.05, 0.1) is 17.5 Å². The fourth-order valence-electron chi connectivity index (χ4n) is 7.39. The SMILES string of the molecule is CC1=CC(=O)C2=C(C[C@@H]3C(=CC[C@@H]4C(=O)N(c5ccc(C(=O)c6ccccc6)cc5)C(=O)[C@@H]43)[C@@H]2c2ccc(O)c(C)c2)C1=O. The summed E-state index contributed by atoms with van der Waals surface area (Å²) >= 11 is 0. The zero-order chi connectivity index (χ0) is 30.9. The van der Waals surface area contributed by atoms with Crippen molar-refractivity contribution in [3.8, 4) is 5.75 Å². The molecule has 4 atom stereocenters. The second kappa shape index (κ2) is 10.2. The number of nitrogens with zero attached hydrogens (tertiary/aromatic N) is 1. The van der Waals surface area contributed by atoms with Gasteiger partial charge in [-0.2, -0.15) is 0 Å². The molecule has 3 aromatic rings. The Hall–Kier alpha value is -5.17. The molecule has 0 saturated carbocycles. The molecular weight excluding hydrogens is 554 g/mol. The van der Waals surface area contributed by atoms with Gasteiger partial charge in [0, 0.05) is 33.8 Å². The van der Waals surface area contributed by atoms with E-state index in [-0.39, 0.29) is 41.3 Å². The van der Waals surface area contributed by atoms with Gasteiger partial charge in [0.25, 0.3) is 0 Å². The Morgan fingerprint density at radius 1 is 0.841 bits per heavy atom. The number of phenols is 1. The molecule has 7 nitrogen and oxygen atoms in total. The third-order valence-corrected chi connectivity index (χ3v) is 9.54. The summed E-state index contributed by atoms with van der Waals surface area (Å²) in [5.74, 6) is -3.44. The minimum atomic E-state index is -0.697. The van der Waals surface area contributed by atoms with Gasteiger partial charge in [0.1, 0.15) is 5.75 Å². The van der Waals surface area contributed by atoms with Gasteiger partial charge < -0.3 is 5.11 Å². The van der Waals surface area contributed by atoms with Crippen LogP contribution >= 0.6 is 0 Å². The van der Waals surface area contributed by atoms with E-state index < -0.39 is 23.7 Å². The van der Waals surface area contributed by atoms with Crippen molar-refractivity contribution in [3.63, 3.8) is 0 Å². The van der Waals surface area contributed by atoms with Gasteiger partial charge in [-0.3, -0.25) is 28.9 Å². The molecule has 1 N–H and O–H groups in total. The van der Waals surface area contributed by atoms with Crippen molar-refractivity contribution in [1.82, 2.24) is 0 Å². The van der Waals surface area contributed by atoms with Crippen molar-refractivity contribution < 1.29 is 29.1 Å². The van der Waals surface area contributed by atoms with Crippen LogP contribution < -0.4 is 4.90 Å². The Bertz CT molecular complexity index is 1900. The van der Waals surface area contributed by atoms with Gasteiger partial charge in [0.15, 0.2) is 17.3 Å². The normalized spacial score (nSPS) is 24.5. The first-order valence-electron chi connectivity index (χ1n) is 14.7. The standard InChI is InChI=1S/C37H29NO6/c1-19-16-23(10-15-29(19)39)31-25-13-14-26-32(27(25)18-28-33(31)30(40)17-20(2)34(28)41)37(44)38(36(26)43)24-11-8-22(9-12-24)35(42)21-6-4-3-5-7-21/h3-13,15-17,26-27,31-32,39H,14,18H2,1-2H3/t26-,27+,31-,32-/m0/s1. The van der Waals surface area contributed by atoms with Crippen LogP contribution in [-0.4, -0.2) is 34.3 Å². The minimum Gasteiger partial charge on any atom is -0.508 e. The smallest absolute Gasteiger partial charge is 0.238 e.